The van der Waals surface area contributed by atoms with Crippen LogP contribution >= 0.6 is 35.7 Å². The van der Waals surface area contributed by atoms with Gasteiger partial charge in [-0.2, -0.15) is 0 Å². The van der Waals surface area contributed by atoms with E-state index in [1.165, 1.54) is 11.4 Å². The molecule has 0 fully saturated rings. The Balaban J connectivity index is 0.00000722. The summed E-state index contributed by atoms with van der Waals surface area (Å²) in [6, 6.07) is 19.5. The van der Waals surface area contributed by atoms with E-state index in [2.05, 4.69) is 170 Å². The first-order valence-electron chi connectivity index (χ1n) is 13.7. The Morgan fingerprint density at radius 1 is 0.436 bits per heavy atom. The summed E-state index contributed by atoms with van der Waals surface area (Å²) in [5, 5.41) is 4.16. The molecule has 0 atom stereocenters. The van der Waals surface area contributed by atoms with Gasteiger partial charge in [-0.3, -0.25) is 0 Å². The van der Waals surface area contributed by atoms with E-state index in [0.717, 1.165) is 0 Å². The van der Waals surface area contributed by atoms with Gasteiger partial charge in [0.15, 0.2) is 0 Å². The monoisotopic (exact) mass is 710 g/mol. The molecule has 0 aliphatic heterocycles. The molecule has 0 aromatic heterocycles. The number of hydrogen-bond acceptors (Lipinski definition) is 2. The van der Waals surface area contributed by atoms with E-state index in [9.17, 15) is 0 Å². The summed E-state index contributed by atoms with van der Waals surface area (Å²) in [5.74, 6) is 0. The molecular weight excluding hydrogens is 652 g/mol. The van der Waals surface area contributed by atoms with Gasteiger partial charge in [-0.05, 0) is 0 Å². The summed E-state index contributed by atoms with van der Waals surface area (Å²) < 4.78 is 0. The average molecular weight is 712 g/mol. The van der Waals surface area contributed by atoms with Gasteiger partial charge in [-0.1, -0.05) is 0 Å². The molecule has 232 valence electrons. The zero-order valence-electron chi connectivity index (χ0n) is 27.6. The number of benzene rings is 2. The molecule has 0 radical (unpaired) electrons. The molecule has 0 saturated carbocycles. The van der Waals surface area contributed by atoms with Crippen molar-refractivity contribution in [2.24, 2.45) is 0 Å². The van der Waals surface area contributed by atoms with Gasteiger partial charge in [-0.25, -0.2) is 0 Å². The fourth-order valence-electron chi connectivity index (χ4n) is 6.68. The molecule has 0 saturated heterocycles. The molecule has 0 spiro atoms. The largest absolute Gasteiger partial charge is 0.147 e. The first-order chi connectivity index (χ1) is 16.5. The van der Waals surface area contributed by atoms with Crippen molar-refractivity contribution in [3.63, 3.8) is 0 Å². The topological polar surface area (TPSA) is 6.48 Å². The minimum Gasteiger partial charge on any atom is -0.147 e. The van der Waals surface area contributed by atoms with E-state index in [1.807, 2.05) is 0 Å². The van der Waals surface area contributed by atoms with Crippen LogP contribution in [-0.4, -0.2) is 48.8 Å². The molecule has 0 aliphatic carbocycles. The van der Waals surface area contributed by atoms with Crippen LogP contribution in [0.1, 0.15) is 83.1 Å². The third-order valence-corrected chi connectivity index (χ3v) is 46.9. The molecule has 0 heterocycles. The van der Waals surface area contributed by atoms with Crippen molar-refractivity contribution in [3.8, 4) is 0 Å². The van der Waals surface area contributed by atoms with Crippen molar-refractivity contribution < 1.29 is 17.0 Å². The number of hydrogen-bond donors (Lipinski definition) is 0. The number of halogens is 2. The normalized spacial score (nSPS) is 14.3. The fraction of sp³-hybridized carbons (Fsp3) is 0.625. The second-order valence-electron chi connectivity index (χ2n) is 15.2. The van der Waals surface area contributed by atoms with Gasteiger partial charge in [0.2, 0.25) is 0 Å². The summed E-state index contributed by atoms with van der Waals surface area (Å²) in [6.07, 6.45) is 0. The molecule has 0 N–H and O–H groups in total. The van der Waals surface area contributed by atoms with Gasteiger partial charge in [0.05, 0.1) is 0 Å². The SMILES string of the molecule is CN(C)c1ccc([PH]([Pd][PH](c2ccc(N(C)C)cc2)(C(C)(C)C)C(C)(C)C)(C(C)(C)C)C(C)(C)C)cc1.Cl.Cl. The van der Waals surface area contributed by atoms with Crippen molar-refractivity contribution in [2.75, 3.05) is 38.0 Å². The van der Waals surface area contributed by atoms with Gasteiger partial charge < -0.3 is 0 Å². The quantitative estimate of drug-likeness (QED) is 0.218. The predicted molar refractivity (Wildman–Crippen MR) is 191 cm³/mol. The Morgan fingerprint density at radius 2 is 0.641 bits per heavy atom. The van der Waals surface area contributed by atoms with E-state index in [1.54, 1.807) is 10.6 Å². The molecular formula is C32H60Cl2N2P2Pd. The van der Waals surface area contributed by atoms with Gasteiger partial charge in [-0.15, -0.1) is 24.8 Å². The summed E-state index contributed by atoms with van der Waals surface area (Å²) in [5.41, 5.74) is -1.67. The van der Waals surface area contributed by atoms with E-state index >= 15 is 0 Å². The average Bonchev–Trinajstić information content (AvgIpc) is 2.71. The third kappa shape index (κ3) is 7.38. The van der Waals surface area contributed by atoms with E-state index in [-0.39, 0.29) is 45.4 Å². The van der Waals surface area contributed by atoms with Crippen LogP contribution in [0, 0.1) is 0 Å². The second-order valence-corrected chi connectivity index (χ2v) is 35.9. The minimum absolute atomic E-state index is 0. The zero-order valence-corrected chi connectivity index (χ0v) is 32.8. The molecule has 0 amide bonds. The van der Waals surface area contributed by atoms with Crippen molar-refractivity contribution >= 4 is 57.7 Å². The Bertz CT molecular complexity index is 927. The van der Waals surface area contributed by atoms with E-state index in [4.69, 9.17) is 0 Å². The molecule has 2 nitrogen and oxygen atoms in total. The number of anilines is 2. The summed E-state index contributed by atoms with van der Waals surface area (Å²) in [6.45, 7) is 30.7. The summed E-state index contributed by atoms with van der Waals surface area (Å²) in [7, 11) is 8.57. The van der Waals surface area contributed by atoms with Gasteiger partial charge in [0.25, 0.3) is 0 Å². The van der Waals surface area contributed by atoms with E-state index < -0.39 is 10.9 Å². The number of nitrogens with zero attached hydrogens (tertiary/aromatic N) is 2. The Labute approximate surface area is 263 Å². The molecule has 39 heavy (non-hydrogen) atoms. The Morgan fingerprint density at radius 3 is 0.795 bits per heavy atom. The second kappa shape index (κ2) is 13.2. The molecule has 2 rings (SSSR count). The van der Waals surface area contributed by atoms with Crippen molar-refractivity contribution in [1.82, 2.24) is 0 Å². The van der Waals surface area contributed by atoms with Gasteiger partial charge in [0.1, 0.15) is 0 Å². The standard InChI is InChI=1S/2C16H28NP.2ClH.Pd/c2*1-15(2,3)18(16(4,5)6)14-11-9-13(10-12-14)17(7)8;;;/h2*9-12H,1-8H3;2*1H;/q;;;;-2/p+2. The maximum absolute atomic E-state index is 2.56. The first-order valence-corrected chi connectivity index (χ1v) is 22.0. The van der Waals surface area contributed by atoms with Crippen LogP contribution in [-0.2, 0) is 17.0 Å². The van der Waals surface area contributed by atoms with Crippen molar-refractivity contribution in [2.45, 2.75) is 104 Å². The Kier molecular flexibility index (Phi) is 13.2. The molecule has 7 heteroatoms. The van der Waals surface area contributed by atoms with E-state index in [0.29, 0.717) is 17.0 Å². The molecule has 0 aliphatic rings. The molecule has 0 unspecified atom stereocenters. The van der Waals surface area contributed by atoms with Crippen LogP contribution in [0.15, 0.2) is 48.5 Å². The van der Waals surface area contributed by atoms with Crippen LogP contribution in [0.3, 0.4) is 0 Å². The predicted octanol–water partition coefficient (Wildman–Crippen LogP) is 9.22. The Hall–Kier alpha value is 0.142. The smallest absolute Gasteiger partial charge is 0.147 e. The number of rotatable bonds is 6. The van der Waals surface area contributed by atoms with Gasteiger partial charge in [0, 0.05) is 0 Å². The summed E-state index contributed by atoms with van der Waals surface area (Å²) >= 11 is 0.639. The van der Waals surface area contributed by atoms with Crippen LogP contribution in [0.2, 0.25) is 0 Å². The zero-order chi connectivity index (χ0) is 28.8. The van der Waals surface area contributed by atoms with Crippen LogP contribution in [0.25, 0.3) is 0 Å². The molecule has 2 aromatic carbocycles. The maximum atomic E-state index is 2.56. The first kappa shape index (κ1) is 39.1. The molecule has 0 bridgehead atoms. The van der Waals surface area contributed by atoms with Crippen molar-refractivity contribution in [3.05, 3.63) is 48.5 Å². The molecule has 2 aromatic rings. The van der Waals surface area contributed by atoms with Crippen LogP contribution in [0.5, 0.6) is 0 Å². The van der Waals surface area contributed by atoms with Crippen molar-refractivity contribution in [1.29, 1.82) is 0 Å². The minimum atomic E-state index is -2.12. The fourth-order valence-corrected chi connectivity index (χ4v) is 56.3. The third-order valence-electron chi connectivity index (χ3n) is 7.71. The maximum Gasteiger partial charge on any atom is -0.147 e. The van der Waals surface area contributed by atoms with Crippen LogP contribution in [0.4, 0.5) is 11.4 Å². The van der Waals surface area contributed by atoms with Gasteiger partial charge >= 0.3 is 240 Å². The summed E-state index contributed by atoms with van der Waals surface area (Å²) in [4.78, 5) is 4.45. The van der Waals surface area contributed by atoms with Crippen LogP contribution < -0.4 is 20.4 Å².